The van der Waals surface area contributed by atoms with Gasteiger partial charge in [-0.3, -0.25) is 4.79 Å². The first kappa shape index (κ1) is 10.8. The molecule has 78 valence electrons. The number of nitriles is 1. The van der Waals surface area contributed by atoms with Crippen molar-refractivity contribution in [3.8, 4) is 6.07 Å². The van der Waals surface area contributed by atoms with Crippen molar-refractivity contribution in [2.24, 2.45) is 0 Å². The molecule has 0 saturated heterocycles. The highest BCUT2D eigenvalue weighted by Gasteiger charge is 2.20. The maximum Gasteiger partial charge on any atom is 0.352 e. The minimum absolute atomic E-state index is 0.519. The number of carboxylic acid groups (broad SMARTS) is 1. The van der Waals surface area contributed by atoms with Crippen LogP contribution in [0.1, 0.15) is 28.2 Å². The average Bonchev–Trinajstić information content (AvgIpc) is 2.15. The molecular formula is C8H4F2N2O3. The van der Waals surface area contributed by atoms with E-state index < -0.39 is 34.8 Å². The Hall–Kier alpha value is -2.23. The lowest BCUT2D eigenvalue weighted by atomic mass is 10.2. The molecule has 5 nitrogen and oxygen atoms in total. The second-order valence-corrected chi connectivity index (χ2v) is 2.55. The Morgan fingerprint density at radius 1 is 1.60 bits per heavy atom. The highest BCUT2D eigenvalue weighted by atomic mass is 19.3. The van der Waals surface area contributed by atoms with E-state index in [1.54, 1.807) is 0 Å². The normalized spacial score (nSPS) is 10.0. The molecule has 1 aromatic heterocycles. The lowest BCUT2D eigenvalue weighted by Crippen LogP contribution is -2.17. The van der Waals surface area contributed by atoms with Crippen LogP contribution in [0.2, 0.25) is 0 Å². The van der Waals surface area contributed by atoms with Crippen LogP contribution in [0.5, 0.6) is 0 Å². The third kappa shape index (κ3) is 1.99. The van der Waals surface area contributed by atoms with Gasteiger partial charge in [0.05, 0.1) is 5.56 Å². The van der Waals surface area contributed by atoms with Crippen LogP contribution in [0.25, 0.3) is 0 Å². The van der Waals surface area contributed by atoms with Crippen LogP contribution in [-0.4, -0.2) is 16.1 Å². The smallest absolute Gasteiger partial charge is 0.352 e. The standard InChI is InChI=1S/C8H4F2N2O3/c9-7(10)6-4(2-11)12-3(8(14)15)1-5(6)13/h1,7H,(H,12,13)(H,14,15). The van der Waals surface area contributed by atoms with Crippen LogP contribution in [0.4, 0.5) is 8.78 Å². The molecule has 0 aliphatic heterocycles. The minimum atomic E-state index is -3.12. The first-order chi connectivity index (χ1) is 6.97. The second kappa shape index (κ2) is 3.88. The summed E-state index contributed by atoms with van der Waals surface area (Å²) in [5, 5.41) is 16.9. The quantitative estimate of drug-likeness (QED) is 0.764. The Morgan fingerprint density at radius 3 is 2.60 bits per heavy atom. The summed E-state index contributed by atoms with van der Waals surface area (Å²) in [7, 11) is 0. The number of H-pyrrole nitrogens is 1. The Labute approximate surface area is 81.6 Å². The third-order valence-electron chi connectivity index (χ3n) is 1.63. The zero-order chi connectivity index (χ0) is 11.6. The van der Waals surface area contributed by atoms with Gasteiger partial charge in [-0.2, -0.15) is 5.26 Å². The summed E-state index contributed by atoms with van der Waals surface area (Å²) in [5.74, 6) is -1.50. The molecule has 0 unspecified atom stereocenters. The summed E-state index contributed by atoms with van der Waals surface area (Å²) in [6.07, 6.45) is -3.12. The molecule has 0 saturated carbocycles. The van der Waals surface area contributed by atoms with Crippen LogP contribution in [-0.2, 0) is 0 Å². The molecule has 0 aliphatic carbocycles. The number of nitrogens with zero attached hydrogens (tertiary/aromatic N) is 1. The summed E-state index contributed by atoms with van der Waals surface area (Å²) in [4.78, 5) is 23.4. The van der Waals surface area contributed by atoms with E-state index in [1.807, 2.05) is 4.98 Å². The number of hydrogen-bond donors (Lipinski definition) is 2. The Morgan fingerprint density at radius 2 is 2.20 bits per heavy atom. The summed E-state index contributed by atoms with van der Waals surface area (Å²) in [5.41, 5.74) is -3.50. The molecule has 1 aromatic rings. The number of pyridine rings is 1. The predicted octanol–water partition coefficient (Wildman–Crippen LogP) is 0.882. The topological polar surface area (TPSA) is 93.9 Å². The SMILES string of the molecule is N#Cc1[nH]c(C(=O)O)cc(=O)c1C(F)F. The van der Waals surface area contributed by atoms with E-state index in [0.717, 1.165) is 0 Å². The number of carboxylic acids is 1. The molecule has 7 heteroatoms. The van der Waals surface area contributed by atoms with Gasteiger partial charge in [0.1, 0.15) is 17.5 Å². The fraction of sp³-hybridized carbons (Fsp3) is 0.125. The van der Waals surface area contributed by atoms with Crippen LogP contribution in [0.3, 0.4) is 0 Å². The molecule has 0 spiro atoms. The van der Waals surface area contributed by atoms with Crippen LogP contribution >= 0.6 is 0 Å². The lowest BCUT2D eigenvalue weighted by molar-refractivity contribution is 0.0689. The van der Waals surface area contributed by atoms with Crippen molar-refractivity contribution in [2.75, 3.05) is 0 Å². The molecule has 1 rings (SSSR count). The molecule has 2 N–H and O–H groups in total. The number of nitrogens with one attached hydrogen (secondary N) is 1. The first-order valence-corrected chi connectivity index (χ1v) is 3.66. The fourth-order valence-corrected chi connectivity index (χ4v) is 0.990. The van der Waals surface area contributed by atoms with Crippen molar-refractivity contribution < 1.29 is 18.7 Å². The van der Waals surface area contributed by atoms with Crippen LogP contribution < -0.4 is 5.43 Å². The number of aromatic carboxylic acids is 1. The number of rotatable bonds is 2. The molecule has 1 heterocycles. The van der Waals surface area contributed by atoms with Gasteiger partial charge in [-0.25, -0.2) is 13.6 Å². The summed E-state index contributed by atoms with van der Waals surface area (Å²) >= 11 is 0. The van der Waals surface area contributed by atoms with E-state index in [-0.39, 0.29) is 0 Å². The molecule has 0 aliphatic rings. The summed E-state index contributed by atoms with van der Waals surface area (Å²) in [6.45, 7) is 0. The van der Waals surface area contributed by atoms with Crippen molar-refractivity contribution in [2.45, 2.75) is 6.43 Å². The molecule has 0 fully saturated rings. The van der Waals surface area contributed by atoms with E-state index in [2.05, 4.69) is 0 Å². The Bertz CT molecular complexity index is 502. The summed E-state index contributed by atoms with van der Waals surface area (Å²) in [6, 6.07) is 1.83. The van der Waals surface area contributed by atoms with Gasteiger partial charge in [-0.05, 0) is 0 Å². The van der Waals surface area contributed by atoms with Crippen molar-refractivity contribution in [1.82, 2.24) is 4.98 Å². The molecule has 0 amide bonds. The van der Waals surface area contributed by atoms with Crippen LogP contribution in [0, 0.1) is 11.3 Å². The lowest BCUT2D eigenvalue weighted by Gasteiger charge is -2.02. The first-order valence-electron chi connectivity index (χ1n) is 3.66. The van der Waals surface area contributed by atoms with Crippen molar-refractivity contribution in [3.05, 3.63) is 33.2 Å². The van der Waals surface area contributed by atoms with Crippen molar-refractivity contribution in [1.29, 1.82) is 5.26 Å². The number of hydrogen-bond acceptors (Lipinski definition) is 3. The van der Waals surface area contributed by atoms with E-state index in [9.17, 15) is 18.4 Å². The van der Waals surface area contributed by atoms with E-state index in [4.69, 9.17) is 10.4 Å². The summed E-state index contributed by atoms with van der Waals surface area (Å²) < 4.78 is 24.6. The Balaban J connectivity index is 3.53. The molecule has 0 atom stereocenters. The molecular weight excluding hydrogens is 210 g/mol. The van der Waals surface area contributed by atoms with Gasteiger partial charge in [0.15, 0.2) is 5.43 Å². The minimum Gasteiger partial charge on any atom is -0.477 e. The highest BCUT2D eigenvalue weighted by Crippen LogP contribution is 2.17. The predicted molar refractivity (Wildman–Crippen MR) is 43.7 cm³/mol. The maximum atomic E-state index is 12.3. The Kier molecular flexibility index (Phi) is 2.80. The number of aromatic amines is 1. The van der Waals surface area contributed by atoms with Gasteiger partial charge in [0.2, 0.25) is 0 Å². The van der Waals surface area contributed by atoms with Gasteiger partial charge in [-0.1, -0.05) is 0 Å². The van der Waals surface area contributed by atoms with Gasteiger partial charge in [0, 0.05) is 6.07 Å². The zero-order valence-electron chi connectivity index (χ0n) is 7.12. The van der Waals surface area contributed by atoms with E-state index >= 15 is 0 Å². The number of aromatic nitrogens is 1. The number of carbonyl (C=O) groups is 1. The molecule has 15 heavy (non-hydrogen) atoms. The van der Waals surface area contributed by atoms with Crippen LogP contribution in [0.15, 0.2) is 10.9 Å². The van der Waals surface area contributed by atoms with Gasteiger partial charge < -0.3 is 10.1 Å². The molecule has 0 radical (unpaired) electrons. The monoisotopic (exact) mass is 214 g/mol. The van der Waals surface area contributed by atoms with Crippen molar-refractivity contribution in [3.63, 3.8) is 0 Å². The number of halogens is 2. The highest BCUT2D eigenvalue weighted by molar-refractivity contribution is 5.85. The van der Waals surface area contributed by atoms with Gasteiger partial charge >= 0.3 is 5.97 Å². The zero-order valence-corrected chi connectivity index (χ0v) is 7.12. The fourth-order valence-electron chi connectivity index (χ4n) is 0.990. The molecule has 0 aromatic carbocycles. The average molecular weight is 214 g/mol. The third-order valence-corrected chi connectivity index (χ3v) is 1.63. The molecule has 0 bridgehead atoms. The van der Waals surface area contributed by atoms with Crippen molar-refractivity contribution >= 4 is 5.97 Å². The van der Waals surface area contributed by atoms with Gasteiger partial charge in [-0.15, -0.1) is 0 Å². The maximum absolute atomic E-state index is 12.3. The largest absolute Gasteiger partial charge is 0.477 e. The number of alkyl halides is 2. The second-order valence-electron chi connectivity index (χ2n) is 2.55. The van der Waals surface area contributed by atoms with Gasteiger partial charge in [0.25, 0.3) is 6.43 Å². The van der Waals surface area contributed by atoms with E-state index in [1.165, 1.54) is 6.07 Å². The van der Waals surface area contributed by atoms with E-state index in [0.29, 0.717) is 6.07 Å².